The molecule has 0 heterocycles. The van der Waals surface area contributed by atoms with E-state index in [0.29, 0.717) is 16.1 Å². The van der Waals surface area contributed by atoms with Crippen molar-refractivity contribution in [3.05, 3.63) is 70.2 Å². The minimum absolute atomic E-state index is 0.212. The Hall–Kier alpha value is -2.84. The van der Waals surface area contributed by atoms with Gasteiger partial charge in [-0.2, -0.15) is 5.26 Å². The lowest BCUT2D eigenvalue weighted by Gasteiger charge is -2.16. The van der Waals surface area contributed by atoms with Crippen LogP contribution in [0.2, 0.25) is 5.02 Å². The van der Waals surface area contributed by atoms with Crippen LogP contribution in [0.3, 0.4) is 0 Å². The standard InChI is InChI=1S/C17H14ClN3O2/c18-14-6-4-13(5-7-14)17(23)21-15(16(20)22)9-11-2-1-3-12(8-11)10-19/h1-8,15H,9H2,(H2,20,22)(H,21,23)/t15-/m1/s1. The first-order valence-corrected chi connectivity index (χ1v) is 7.22. The molecular weight excluding hydrogens is 314 g/mol. The normalized spacial score (nSPS) is 11.3. The van der Waals surface area contributed by atoms with Crippen LogP contribution in [0, 0.1) is 11.3 Å². The molecular formula is C17H14ClN3O2. The van der Waals surface area contributed by atoms with Gasteiger partial charge in [0.05, 0.1) is 11.6 Å². The van der Waals surface area contributed by atoms with Gasteiger partial charge in [0.2, 0.25) is 5.91 Å². The molecule has 5 nitrogen and oxygen atoms in total. The fourth-order valence-electron chi connectivity index (χ4n) is 2.07. The Bertz CT molecular complexity index is 766. The largest absolute Gasteiger partial charge is 0.368 e. The highest BCUT2D eigenvalue weighted by atomic mass is 35.5. The van der Waals surface area contributed by atoms with E-state index >= 15 is 0 Å². The highest BCUT2D eigenvalue weighted by Gasteiger charge is 2.19. The van der Waals surface area contributed by atoms with Crippen LogP contribution in [-0.4, -0.2) is 17.9 Å². The van der Waals surface area contributed by atoms with E-state index in [9.17, 15) is 9.59 Å². The minimum Gasteiger partial charge on any atom is -0.368 e. The van der Waals surface area contributed by atoms with Gasteiger partial charge in [-0.25, -0.2) is 0 Å². The molecule has 0 saturated heterocycles. The third-order valence-electron chi connectivity index (χ3n) is 3.25. The lowest BCUT2D eigenvalue weighted by atomic mass is 10.0. The molecule has 2 amide bonds. The molecule has 0 radical (unpaired) electrons. The van der Waals surface area contributed by atoms with Gasteiger partial charge < -0.3 is 11.1 Å². The summed E-state index contributed by atoms with van der Waals surface area (Å²) in [5.74, 6) is -1.06. The van der Waals surface area contributed by atoms with Crippen molar-refractivity contribution in [1.82, 2.24) is 5.32 Å². The van der Waals surface area contributed by atoms with Crippen LogP contribution in [-0.2, 0) is 11.2 Å². The average Bonchev–Trinajstić information content (AvgIpc) is 2.54. The van der Waals surface area contributed by atoms with Gasteiger partial charge >= 0.3 is 0 Å². The first kappa shape index (κ1) is 16.5. The van der Waals surface area contributed by atoms with Crippen molar-refractivity contribution in [3.63, 3.8) is 0 Å². The lowest BCUT2D eigenvalue weighted by molar-refractivity contribution is -0.119. The van der Waals surface area contributed by atoms with Gasteiger partial charge in [0, 0.05) is 17.0 Å². The number of primary amides is 1. The molecule has 2 rings (SSSR count). The van der Waals surface area contributed by atoms with Crippen molar-refractivity contribution >= 4 is 23.4 Å². The van der Waals surface area contributed by atoms with Gasteiger partial charge in [0.15, 0.2) is 0 Å². The van der Waals surface area contributed by atoms with Crippen LogP contribution in [0.5, 0.6) is 0 Å². The van der Waals surface area contributed by atoms with Crippen molar-refractivity contribution in [2.45, 2.75) is 12.5 Å². The molecule has 0 unspecified atom stereocenters. The molecule has 2 aromatic carbocycles. The summed E-state index contributed by atoms with van der Waals surface area (Å²) in [7, 11) is 0. The lowest BCUT2D eigenvalue weighted by Crippen LogP contribution is -2.45. The van der Waals surface area contributed by atoms with Gasteiger partial charge in [-0.05, 0) is 42.0 Å². The maximum atomic E-state index is 12.2. The molecule has 3 N–H and O–H groups in total. The van der Waals surface area contributed by atoms with Gasteiger partial charge in [0.25, 0.3) is 5.91 Å². The Morgan fingerprint density at radius 1 is 1.22 bits per heavy atom. The number of carbonyl (C=O) groups excluding carboxylic acids is 2. The molecule has 0 bridgehead atoms. The molecule has 2 aromatic rings. The average molecular weight is 328 g/mol. The number of hydrogen-bond donors (Lipinski definition) is 2. The number of hydrogen-bond acceptors (Lipinski definition) is 3. The number of halogens is 1. The van der Waals surface area contributed by atoms with Crippen LogP contribution >= 0.6 is 11.6 Å². The molecule has 116 valence electrons. The first-order valence-electron chi connectivity index (χ1n) is 6.84. The van der Waals surface area contributed by atoms with Gasteiger partial charge in [-0.1, -0.05) is 23.7 Å². The summed E-state index contributed by atoms with van der Waals surface area (Å²) in [5, 5.41) is 12.0. The fraction of sp³-hybridized carbons (Fsp3) is 0.118. The summed E-state index contributed by atoms with van der Waals surface area (Å²) < 4.78 is 0. The molecule has 1 atom stereocenters. The molecule has 0 aliphatic heterocycles. The predicted molar refractivity (Wildman–Crippen MR) is 86.8 cm³/mol. The van der Waals surface area contributed by atoms with E-state index < -0.39 is 17.9 Å². The summed E-state index contributed by atoms with van der Waals surface area (Å²) in [6.07, 6.45) is 0.212. The van der Waals surface area contributed by atoms with E-state index in [1.165, 1.54) is 0 Å². The van der Waals surface area contributed by atoms with Crippen molar-refractivity contribution < 1.29 is 9.59 Å². The highest BCUT2D eigenvalue weighted by Crippen LogP contribution is 2.11. The smallest absolute Gasteiger partial charge is 0.251 e. The van der Waals surface area contributed by atoms with E-state index in [-0.39, 0.29) is 6.42 Å². The van der Waals surface area contributed by atoms with Gasteiger partial charge in [0.1, 0.15) is 6.04 Å². The number of carbonyl (C=O) groups is 2. The van der Waals surface area contributed by atoms with Gasteiger partial charge in [-0.15, -0.1) is 0 Å². The maximum absolute atomic E-state index is 12.2. The second-order valence-electron chi connectivity index (χ2n) is 4.95. The van der Waals surface area contributed by atoms with Gasteiger partial charge in [-0.3, -0.25) is 9.59 Å². The van der Waals surface area contributed by atoms with E-state index in [4.69, 9.17) is 22.6 Å². The van der Waals surface area contributed by atoms with E-state index in [1.807, 2.05) is 6.07 Å². The Kier molecular flexibility index (Phi) is 5.34. The summed E-state index contributed by atoms with van der Waals surface area (Å²) in [4.78, 5) is 23.8. The van der Waals surface area contributed by atoms with Crippen LogP contribution in [0.15, 0.2) is 48.5 Å². The molecule has 6 heteroatoms. The van der Waals surface area contributed by atoms with Crippen molar-refractivity contribution in [1.29, 1.82) is 5.26 Å². The second-order valence-corrected chi connectivity index (χ2v) is 5.39. The van der Waals surface area contributed by atoms with E-state index in [1.54, 1.807) is 48.5 Å². The molecule has 0 fully saturated rings. The Morgan fingerprint density at radius 2 is 1.91 bits per heavy atom. The van der Waals surface area contributed by atoms with Crippen LogP contribution in [0.25, 0.3) is 0 Å². The van der Waals surface area contributed by atoms with Crippen molar-refractivity contribution in [2.24, 2.45) is 5.73 Å². The number of rotatable bonds is 5. The Labute approximate surface area is 138 Å². The molecule has 0 aliphatic rings. The zero-order chi connectivity index (χ0) is 16.8. The summed E-state index contributed by atoms with van der Waals surface area (Å²) in [5.41, 5.74) is 6.97. The quantitative estimate of drug-likeness (QED) is 0.879. The van der Waals surface area contributed by atoms with E-state index in [2.05, 4.69) is 5.32 Å². The molecule has 0 aliphatic carbocycles. The molecule has 0 spiro atoms. The van der Waals surface area contributed by atoms with Crippen molar-refractivity contribution in [2.75, 3.05) is 0 Å². The Balaban J connectivity index is 2.12. The highest BCUT2D eigenvalue weighted by molar-refractivity contribution is 6.30. The topological polar surface area (TPSA) is 96.0 Å². The number of nitrogens with one attached hydrogen (secondary N) is 1. The zero-order valence-corrected chi connectivity index (χ0v) is 12.9. The number of nitriles is 1. The summed E-state index contributed by atoms with van der Waals surface area (Å²) in [6.45, 7) is 0. The minimum atomic E-state index is -0.868. The SMILES string of the molecule is N#Cc1cccc(C[C@@H](NC(=O)c2ccc(Cl)cc2)C(N)=O)c1. The monoisotopic (exact) mass is 327 g/mol. The van der Waals surface area contributed by atoms with Crippen LogP contribution < -0.4 is 11.1 Å². The first-order chi connectivity index (χ1) is 11.0. The zero-order valence-electron chi connectivity index (χ0n) is 12.1. The summed E-state index contributed by atoms with van der Waals surface area (Å²) in [6, 6.07) is 14.3. The number of amides is 2. The third kappa shape index (κ3) is 4.56. The molecule has 0 saturated carbocycles. The summed E-state index contributed by atoms with van der Waals surface area (Å²) >= 11 is 5.78. The number of nitrogens with zero attached hydrogens (tertiary/aromatic N) is 1. The Morgan fingerprint density at radius 3 is 2.52 bits per heavy atom. The van der Waals surface area contributed by atoms with Crippen LogP contribution in [0.4, 0.5) is 0 Å². The third-order valence-corrected chi connectivity index (χ3v) is 3.50. The number of nitrogens with two attached hydrogens (primary N) is 1. The number of benzene rings is 2. The fourth-order valence-corrected chi connectivity index (χ4v) is 2.20. The van der Waals surface area contributed by atoms with Crippen molar-refractivity contribution in [3.8, 4) is 6.07 Å². The second kappa shape index (κ2) is 7.43. The maximum Gasteiger partial charge on any atom is 0.251 e. The molecule has 23 heavy (non-hydrogen) atoms. The van der Waals surface area contributed by atoms with Crippen LogP contribution in [0.1, 0.15) is 21.5 Å². The molecule has 0 aromatic heterocycles. The van der Waals surface area contributed by atoms with E-state index in [0.717, 1.165) is 5.56 Å². The predicted octanol–water partition coefficient (Wildman–Crippen LogP) is 2.04.